The Morgan fingerprint density at radius 2 is 1.92 bits per heavy atom. The van der Waals surface area contributed by atoms with Gasteiger partial charge in [-0.3, -0.25) is 4.98 Å². The lowest BCUT2D eigenvalue weighted by Gasteiger charge is -2.16. The quantitative estimate of drug-likeness (QED) is 0.543. The predicted molar refractivity (Wildman–Crippen MR) is 84.5 cm³/mol. The molecule has 0 radical (unpaired) electrons. The van der Waals surface area contributed by atoms with E-state index in [9.17, 15) is 18.0 Å². The molecule has 2 aromatic rings. The Labute approximate surface area is 138 Å². The van der Waals surface area contributed by atoms with Crippen LogP contribution in [0.3, 0.4) is 0 Å². The maximum atomic E-state index is 13.3. The van der Waals surface area contributed by atoms with Gasteiger partial charge in [0.2, 0.25) is 0 Å². The molecule has 0 saturated carbocycles. The molecule has 6 heteroatoms. The molecule has 0 unspecified atom stereocenters. The fourth-order valence-electron chi connectivity index (χ4n) is 2.34. The van der Waals surface area contributed by atoms with Crippen LogP contribution < -0.4 is 0 Å². The summed E-state index contributed by atoms with van der Waals surface area (Å²) in [5.41, 5.74) is -1.18. The van der Waals surface area contributed by atoms with Crippen LogP contribution in [0.1, 0.15) is 42.1 Å². The monoisotopic (exact) mass is 337 g/mol. The third kappa shape index (κ3) is 4.34. The van der Waals surface area contributed by atoms with Crippen LogP contribution in [0.2, 0.25) is 0 Å². The van der Waals surface area contributed by atoms with Gasteiger partial charge in [-0.15, -0.1) is 0 Å². The highest BCUT2D eigenvalue weighted by Crippen LogP contribution is 2.38. The number of carbonyl (C=O) groups is 1. The minimum Gasteiger partial charge on any atom is -0.462 e. The summed E-state index contributed by atoms with van der Waals surface area (Å²) in [5, 5.41) is 0. The lowest BCUT2D eigenvalue weighted by Crippen LogP contribution is -2.14. The zero-order valence-electron chi connectivity index (χ0n) is 13.3. The number of hydrogen-bond acceptors (Lipinski definition) is 3. The first-order valence-corrected chi connectivity index (χ1v) is 7.74. The topological polar surface area (TPSA) is 39.2 Å². The van der Waals surface area contributed by atoms with Crippen LogP contribution in [0.4, 0.5) is 13.2 Å². The summed E-state index contributed by atoms with van der Waals surface area (Å²) >= 11 is 0. The van der Waals surface area contributed by atoms with E-state index in [0.29, 0.717) is 6.42 Å². The predicted octanol–water partition coefficient (Wildman–Crippen LogP) is 5.11. The average Bonchev–Trinajstić information content (AvgIpc) is 2.58. The van der Waals surface area contributed by atoms with Crippen molar-refractivity contribution in [2.24, 2.45) is 0 Å². The van der Waals surface area contributed by atoms with Gasteiger partial charge in [-0.2, -0.15) is 13.2 Å². The second-order valence-corrected chi connectivity index (χ2v) is 5.28. The van der Waals surface area contributed by atoms with Crippen LogP contribution in [0.15, 0.2) is 42.6 Å². The number of unbranched alkanes of at least 4 members (excludes halogenated alkanes) is 2. The van der Waals surface area contributed by atoms with Gasteiger partial charge >= 0.3 is 12.1 Å². The second-order valence-electron chi connectivity index (χ2n) is 5.28. The summed E-state index contributed by atoms with van der Waals surface area (Å²) in [5.74, 6) is -0.766. The molecule has 0 N–H and O–H groups in total. The van der Waals surface area contributed by atoms with Crippen molar-refractivity contribution >= 4 is 5.97 Å². The summed E-state index contributed by atoms with van der Waals surface area (Å²) in [6, 6.07) is 8.10. The fourth-order valence-corrected chi connectivity index (χ4v) is 2.34. The smallest absolute Gasteiger partial charge is 0.417 e. The molecule has 2 rings (SSSR count). The van der Waals surface area contributed by atoms with Crippen molar-refractivity contribution in [3.05, 3.63) is 53.7 Å². The highest BCUT2D eigenvalue weighted by atomic mass is 19.4. The number of ether oxygens (including phenoxy) is 1. The molecule has 0 spiro atoms. The maximum absolute atomic E-state index is 13.3. The molecule has 1 aromatic carbocycles. The number of carbonyl (C=O) groups excluding carboxylic acids is 1. The standard InChI is InChI=1S/C18H18F3NO2/c1-2-3-6-12-24-17(23)13-8-7-9-14(18(19,20)21)16(13)15-10-4-5-11-22-15/h4-5,7-11H,2-3,6,12H2,1H3. The molecule has 3 nitrogen and oxygen atoms in total. The van der Waals surface area contributed by atoms with Gasteiger partial charge in [0.15, 0.2) is 0 Å². The minimum atomic E-state index is -4.59. The fraction of sp³-hybridized carbons (Fsp3) is 0.333. The van der Waals surface area contributed by atoms with Gasteiger partial charge in [-0.1, -0.05) is 31.9 Å². The summed E-state index contributed by atoms with van der Waals surface area (Å²) in [7, 11) is 0. The van der Waals surface area contributed by atoms with E-state index in [1.807, 2.05) is 6.92 Å². The summed E-state index contributed by atoms with van der Waals surface area (Å²) in [4.78, 5) is 16.2. The number of hydrogen-bond donors (Lipinski definition) is 0. The molecule has 0 atom stereocenters. The zero-order chi connectivity index (χ0) is 17.6. The Bertz CT molecular complexity index is 684. The number of pyridine rings is 1. The lowest BCUT2D eigenvalue weighted by atomic mass is 9.97. The number of rotatable bonds is 6. The number of nitrogens with zero attached hydrogens (tertiary/aromatic N) is 1. The zero-order valence-corrected chi connectivity index (χ0v) is 13.3. The largest absolute Gasteiger partial charge is 0.462 e. The molecule has 0 fully saturated rings. The molecule has 0 bridgehead atoms. The van der Waals surface area contributed by atoms with Gasteiger partial charge in [-0.05, 0) is 30.7 Å². The summed E-state index contributed by atoms with van der Waals surface area (Å²) < 4.78 is 45.2. The van der Waals surface area contributed by atoms with E-state index < -0.39 is 17.7 Å². The van der Waals surface area contributed by atoms with E-state index in [1.54, 1.807) is 12.1 Å². The second kappa shape index (κ2) is 7.95. The molecule has 24 heavy (non-hydrogen) atoms. The number of halogens is 3. The van der Waals surface area contributed by atoms with Gasteiger partial charge in [0.25, 0.3) is 0 Å². The van der Waals surface area contributed by atoms with Crippen LogP contribution in [-0.2, 0) is 10.9 Å². The molecule has 128 valence electrons. The Morgan fingerprint density at radius 3 is 2.54 bits per heavy atom. The average molecular weight is 337 g/mol. The number of aromatic nitrogens is 1. The van der Waals surface area contributed by atoms with Crippen LogP contribution in [0.25, 0.3) is 11.3 Å². The Kier molecular flexibility index (Phi) is 5.95. The molecular weight excluding hydrogens is 319 g/mol. The van der Waals surface area contributed by atoms with E-state index in [0.717, 1.165) is 18.9 Å². The first kappa shape index (κ1) is 18.0. The van der Waals surface area contributed by atoms with Crippen molar-refractivity contribution in [3.8, 4) is 11.3 Å². The van der Waals surface area contributed by atoms with E-state index in [2.05, 4.69) is 4.98 Å². The van der Waals surface area contributed by atoms with Crippen LogP contribution in [0, 0.1) is 0 Å². The van der Waals surface area contributed by atoms with Crippen LogP contribution >= 0.6 is 0 Å². The summed E-state index contributed by atoms with van der Waals surface area (Å²) in [6.45, 7) is 2.19. The normalized spacial score (nSPS) is 11.3. The molecule has 0 amide bonds. The first-order chi connectivity index (χ1) is 11.4. The van der Waals surface area contributed by atoms with Crippen molar-refractivity contribution in [1.29, 1.82) is 0 Å². The first-order valence-electron chi connectivity index (χ1n) is 7.74. The highest BCUT2D eigenvalue weighted by Gasteiger charge is 2.36. The Hall–Kier alpha value is -2.37. The highest BCUT2D eigenvalue weighted by molar-refractivity contribution is 5.97. The van der Waals surface area contributed by atoms with Gasteiger partial charge in [0.05, 0.1) is 23.4 Å². The van der Waals surface area contributed by atoms with Crippen molar-refractivity contribution in [2.75, 3.05) is 6.61 Å². The van der Waals surface area contributed by atoms with Crippen molar-refractivity contribution < 1.29 is 22.7 Å². The van der Waals surface area contributed by atoms with Crippen molar-refractivity contribution in [3.63, 3.8) is 0 Å². The van der Waals surface area contributed by atoms with E-state index >= 15 is 0 Å². The van der Waals surface area contributed by atoms with Crippen LogP contribution in [0.5, 0.6) is 0 Å². The maximum Gasteiger partial charge on any atom is 0.417 e. The van der Waals surface area contributed by atoms with E-state index in [4.69, 9.17) is 4.74 Å². The third-order valence-electron chi connectivity index (χ3n) is 3.49. The molecule has 1 heterocycles. The van der Waals surface area contributed by atoms with Crippen molar-refractivity contribution in [2.45, 2.75) is 32.4 Å². The lowest BCUT2D eigenvalue weighted by molar-refractivity contribution is -0.137. The van der Waals surface area contributed by atoms with Gasteiger partial charge < -0.3 is 4.74 Å². The molecule has 0 aliphatic heterocycles. The Balaban J connectivity index is 2.42. The van der Waals surface area contributed by atoms with Crippen LogP contribution in [-0.4, -0.2) is 17.6 Å². The molecular formula is C18H18F3NO2. The van der Waals surface area contributed by atoms with E-state index in [1.165, 1.54) is 24.4 Å². The van der Waals surface area contributed by atoms with Gasteiger partial charge in [0, 0.05) is 11.8 Å². The molecule has 0 saturated heterocycles. The Morgan fingerprint density at radius 1 is 1.12 bits per heavy atom. The minimum absolute atomic E-state index is 0.0888. The van der Waals surface area contributed by atoms with Gasteiger partial charge in [0.1, 0.15) is 0 Å². The van der Waals surface area contributed by atoms with E-state index in [-0.39, 0.29) is 23.4 Å². The number of benzene rings is 1. The SMILES string of the molecule is CCCCCOC(=O)c1cccc(C(F)(F)F)c1-c1ccccn1. The molecule has 0 aliphatic rings. The van der Waals surface area contributed by atoms with Gasteiger partial charge in [-0.25, -0.2) is 4.79 Å². The molecule has 0 aliphatic carbocycles. The van der Waals surface area contributed by atoms with Crippen molar-refractivity contribution in [1.82, 2.24) is 4.98 Å². The third-order valence-corrected chi connectivity index (χ3v) is 3.49. The summed E-state index contributed by atoms with van der Waals surface area (Å²) in [6.07, 6.45) is -0.673. The number of alkyl halides is 3. The number of esters is 1. The molecule has 1 aromatic heterocycles.